The highest BCUT2D eigenvalue weighted by Crippen LogP contribution is 2.17. The minimum atomic E-state index is -1.10. The summed E-state index contributed by atoms with van der Waals surface area (Å²) in [5, 5.41) is 16.9. The minimum absolute atomic E-state index is 0.152. The molecule has 26 heavy (non-hydrogen) atoms. The van der Waals surface area contributed by atoms with Gasteiger partial charge in [0.15, 0.2) is 5.65 Å². The van der Waals surface area contributed by atoms with E-state index in [9.17, 15) is 14.7 Å². The number of hydrogen-bond donors (Lipinski definition) is 2. The Morgan fingerprint density at radius 2 is 2.00 bits per heavy atom. The van der Waals surface area contributed by atoms with Crippen molar-refractivity contribution in [2.45, 2.75) is 58.7 Å². The number of nitrogens with one attached hydrogen (secondary N) is 1. The zero-order valence-corrected chi connectivity index (χ0v) is 15.8. The molecule has 0 fully saturated rings. The van der Waals surface area contributed by atoms with E-state index in [0.29, 0.717) is 11.2 Å². The maximum Gasteiger partial charge on any atom is 0.326 e. The van der Waals surface area contributed by atoms with Crippen molar-refractivity contribution in [2.24, 2.45) is 0 Å². The molecule has 0 spiro atoms. The molecule has 0 bridgehead atoms. The van der Waals surface area contributed by atoms with Crippen LogP contribution in [0.1, 0.15) is 57.4 Å². The molecule has 142 valence electrons. The lowest BCUT2D eigenvalue weighted by Crippen LogP contribution is -2.42. The van der Waals surface area contributed by atoms with E-state index in [1.54, 1.807) is 16.9 Å². The maximum absolute atomic E-state index is 12.4. The summed E-state index contributed by atoms with van der Waals surface area (Å²) in [6.45, 7) is 9.88. The molecule has 2 heterocycles. The molecule has 2 aromatic heterocycles. The summed E-state index contributed by atoms with van der Waals surface area (Å²) in [6, 6.07) is 0.784. The standard InChI is InChI=1S/C18H26N4O4/c1-11(2)22-15-12(10-20-22)8-13(9-19-15)16(23)21-14(17(24)25)6-7-26-18(3,4)5/h8-11,14H,6-7H2,1-5H3,(H,21,23)(H,24,25). The van der Waals surface area contributed by atoms with Crippen molar-refractivity contribution in [1.82, 2.24) is 20.1 Å². The Bertz CT molecular complexity index is 792. The smallest absolute Gasteiger partial charge is 0.326 e. The fraction of sp³-hybridized carbons (Fsp3) is 0.556. The topological polar surface area (TPSA) is 106 Å². The molecule has 2 N–H and O–H groups in total. The number of nitrogens with zero attached hydrogens (tertiary/aromatic N) is 3. The molecule has 0 aliphatic rings. The first-order valence-electron chi connectivity index (χ1n) is 8.59. The molecule has 2 rings (SSSR count). The second-order valence-corrected chi connectivity index (χ2v) is 7.43. The lowest BCUT2D eigenvalue weighted by atomic mass is 10.1. The van der Waals surface area contributed by atoms with Crippen LogP contribution in [-0.2, 0) is 9.53 Å². The molecule has 8 nitrogen and oxygen atoms in total. The van der Waals surface area contributed by atoms with Crippen molar-refractivity contribution >= 4 is 22.9 Å². The molecule has 0 saturated carbocycles. The van der Waals surface area contributed by atoms with E-state index in [2.05, 4.69) is 15.4 Å². The normalized spacial score (nSPS) is 13.2. The molecule has 0 aliphatic heterocycles. The first-order chi connectivity index (χ1) is 12.1. The Balaban J connectivity index is 2.09. The van der Waals surface area contributed by atoms with E-state index >= 15 is 0 Å². The van der Waals surface area contributed by atoms with Crippen molar-refractivity contribution in [1.29, 1.82) is 0 Å². The van der Waals surface area contributed by atoms with Crippen LogP contribution < -0.4 is 5.32 Å². The van der Waals surface area contributed by atoms with Crippen LogP contribution in [0.15, 0.2) is 18.5 Å². The number of aromatic nitrogens is 3. The summed E-state index contributed by atoms with van der Waals surface area (Å²) in [6.07, 6.45) is 3.26. The van der Waals surface area contributed by atoms with Crippen molar-refractivity contribution in [3.8, 4) is 0 Å². The number of carboxylic acids is 1. The molecule has 0 radical (unpaired) electrons. The lowest BCUT2D eigenvalue weighted by Gasteiger charge is -2.21. The van der Waals surface area contributed by atoms with E-state index in [1.807, 2.05) is 34.6 Å². The summed E-state index contributed by atoms with van der Waals surface area (Å²) in [5.74, 6) is -1.59. The van der Waals surface area contributed by atoms with Crippen LogP contribution in [-0.4, -0.2) is 50.0 Å². The summed E-state index contributed by atoms with van der Waals surface area (Å²) in [7, 11) is 0. The third-order valence-corrected chi connectivity index (χ3v) is 3.73. The summed E-state index contributed by atoms with van der Waals surface area (Å²) in [4.78, 5) is 28.1. The van der Waals surface area contributed by atoms with E-state index in [4.69, 9.17) is 4.74 Å². The third kappa shape index (κ3) is 5.01. The minimum Gasteiger partial charge on any atom is -0.480 e. The monoisotopic (exact) mass is 362 g/mol. The quantitative estimate of drug-likeness (QED) is 0.783. The van der Waals surface area contributed by atoms with E-state index in [1.165, 1.54) is 6.20 Å². The Kier molecular flexibility index (Phi) is 5.97. The Labute approximate surface area is 152 Å². The number of ether oxygens (including phenoxy) is 1. The van der Waals surface area contributed by atoms with Gasteiger partial charge >= 0.3 is 5.97 Å². The van der Waals surface area contributed by atoms with Gasteiger partial charge < -0.3 is 15.2 Å². The van der Waals surface area contributed by atoms with Gasteiger partial charge in [0.25, 0.3) is 5.91 Å². The van der Waals surface area contributed by atoms with Crippen molar-refractivity contribution < 1.29 is 19.4 Å². The van der Waals surface area contributed by atoms with E-state index in [-0.39, 0.29) is 24.7 Å². The SMILES string of the molecule is CC(C)n1ncc2cc(C(=O)NC(CCOC(C)(C)C)C(=O)O)cnc21. The van der Waals surface area contributed by atoms with Crippen LogP contribution in [0.3, 0.4) is 0 Å². The zero-order valence-electron chi connectivity index (χ0n) is 15.8. The number of carbonyl (C=O) groups excluding carboxylic acids is 1. The molecule has 0 aliphatic carbocycles. The number of hydrogen-bond acceptors (Lipinski definition) is 5. The predicted molar refractivity (Wildman–Crippen MR) is 97.1 cm³/mol. The van der Waals surface area contributed by atoms with Crippen LogP contribution in [0.5, 0.6) is 0 Å². The molecule has 0 aromatic carbocycles. The molecular formula is C18H26N4O4. The molecule has 8 heteroatoms. The van der Waals surface area contributed by atoms with Gasteiger partial charge in [0, 0.05) is 30.7 Å². The molecule has 2 aromatic rings. The van der Waals surface area contributed by atoms with E-state index in [0.717, 1.165) is 5.39 Å². The number of carboxylic acid groups (broad SMARTS) is 1. The van der Waals surface area contributed by atoms with Gasteiger partial charge in [-0.15, -0.1) is 0 Å². The first-order valence-corrected chi connectivity index (χ1v) is 8.59. The van der Waals surface area contributed by atoms with Crippen molar-refractivity contribution in [3.63, 3.8) is 0 Å². The number of pyridine rings is 1. The van der Waals surface area contributed by atoms with Gasteiger partial charge in [-0.25, -0.2) is 14.5 Å². The van der Waals surface area contributed by atoms with Crippen LogP contribution in [0.4, 0.5) is 0 Å². The molecular weight excluding hydrogens is 336 g/mol. The Morgan fingerprint density at radius 3 is 2.58 bits per heavy atom. The number of fused-ring (bicyclic) bond motifs is 1. The number of carbonyl (C=O) groups is 2. The van der Waals surface area contributed by atoms with Gasteiger partial charge in [-0.1, -0.05) is 0 Å². The molecule has 1 unspecified atom stereocenters. The Hall–Kier alpha value is -2.48. The van der Waals surface area contributed by atoms with Gasteiger partial charge in [-0.05, 0) is 40.7 Å². The predicted octanol–water partition coefficient (Wildman–Crippen LogP) is 2.40. The van der Waals surface area contributed by atoms with Crippen LogP contribution >= 0.6 is 0 Å². The highest BCUT2D eigenvalue weighted by molar-refractivity contribution is 5.98. The average Bonchev–Trinajstić information content (AvgIpc) is 2.95. The van der Waals surface area contributed by atoms with Crippen molar-refractivity contribution in [3.05, 3.63) is 24.0 Å². The fourth-order valence-corrected chi connectivity index (χ4v) is 2.42. The van der Waals surface area contributed by atoms with Gasteiger partial charge in [0.05, 0.1) is 17.4 Å². The highest BCUT2D eigenvalue weighted by Gasteiger charge is 2.22. The number of amides is 1. The van der Waals surface area contributed by atoms with Gasteiger partial charge in [-0.2, -0.15) is 5.10 Å². The summed E-state index contributed by atoms with van der Waals surface area (Å²) < 4.78 is 7.31. The molecule has 1 atom stereocenters. The van der Waals surface area contributed by atoms with Gasteiger partial charge in [0.1, 0.15) is 6.04 Å². The Morgan fingerprint density at radius 1 is 1.31 bits per heavy atom. The van der Waals surface area contributed by atoms with E-state index < -0.39 is 17.9 Å². The molecule has 1 amide bonds. The number of aliphatic carboxylic acids is 1. The second kappa shape index (κ2) is 7.82. The van der Waals surface area contributed by atoms with Gasteiger partial charge in [0.2, 0.25) is 0 Å². The fourth-order valence-electron chi connectivity index (χ4n) is 2.42. The van der Waals surface area contributed by atoms with Gasteiger partial charge in [-0.3, -0.25) is 4.79 Å². The third-order valence-electron chi connectivity index (χ3n) is 3.73. The van der Waals surface area contributed by atoms with Crippen molar-refractivity contribution in [2.75, 3.05) is 6.61 Å². The average molecular weight is 362 g/mol. The summed E-state index contributed by atoms with van der Waals surface area (Å²) >= 11 is 0. The first kappa shape index (κ1) is 19.8. The molecule has 0 saturated heterocycles. The van der Waals surface area contributed by atoms with Crippen LogP contribution in [0.25, 0.3) is 11.0 Å². The zero-order chi connectivity index (χ0) is 19.5. The maximum atomic E-state index is 12.4. The summed E-state index contributed by atoms with van der Waals surface area (Å²) in [5.41, 5.74) is 0.618. The van der Waals surface area contributed by atoms with Crippen LogP contribution in [0, 0.1) is 0 Å². The lowest BCUT2D eigenvalue weighted by molar-refractivity contribution is -0.140. The number of rotatable bonds is 7. The second-order valence-electron chi connectivity index (χ2n) is 7.43. The largest absolute Gasteiger partial charge is 0.480 e. The van der Waals surface area contributed by atoms with Crippen LogP contribution in [0.2, 0.25) is 0 Å². The highest BCUT2D eigenvalue weighted by atomic mass is 16.5.